The predicted octanol–water partition coefficient (Wildman–Crippen LogP) is 5.29. The zero-order chi connectivity index (χ0) is 19.8. The van der Waals surface area contributed by atoms with Crippen LogP contribution in [-0.4, -0.2) is 25.1 Å². The number of ether oxygens (including phenoxy) is 2. The fourth-order valence-corrected chi connectivity index (χ4v) is 3.06. The molecule has 1 saturated heterocycles. The molecular formula is C24H30O3. The number of hydrogen-bond donors (Lipinski definition) is 0. The Morgan fingerprint density at radius 2 is 1.63 bits per heavy atom. The minimum Gasteiger partial charge on any atom is -0.491 e. The summed E-state index contributed by atoms with van der Waals surface area (Å²) < 4.78 is 11.0. The summed E-state index contributed by atoms with van der Waals surface area (Å²) in [5.41, 5.74) is 3.59. The van der Waals surface area contributed by atoms with Crippen LogP contribution in [-0.2, 0) is 15.6 Å². The van der Waals surface area contributed by atoms with Crippen LogP contribution in [0.25, 0.3) is 0 Å². The van der Waals surface area contributed by atoms with Gasteiger partial charge in [-0.1, -0.05) is 65.8 Å². The van der Waals surface area contributed by atoms with E-state index in [1.807, 2.05) is 30.3 Å². The highest BCUT2D eigenvalue weighted by atomic mass is 16.6. The Hall–Kier alpha value is -2.13. The first kappa shape index (κ1) is 19.6. The van der Waals surface area contributed by atoms with E-state index in [1.165, 1.54) is 5.56 Å². The lowest BCUT2D eigenvalue weighted by molar-refractivity contribution is 0.103. The lowest BCUT2D eigenvalue weighted by Crippen LogP contribution is -2.18. The molecule has 1 unspecified atom stereocenters. The molecule has 0 saturated carbocycles. The van der Waals surface area contributed by atoms with Gasteiger partial charge in [-0.25, -0.2) is 0 Å². The summed E-state index contributed by atoms with van der Waals surface area (Å²) in [6.07, 6.45) is 0.214. The normalized spacial score (nSPS) is 16.9. The third-order valence-electron chi connectivity index (χ3n) is 4.90. The van der Waals surface area contributed by atoms with E-state index in [0.717, 1.165) is 23.5 Å². The van der Waals surface area contributed by atoms with E-state index in [0.29, 0.717) is 12.2 Å². The average Bonchev–Trinajstić information content (AvgIpc) is 3.42. The van der Waals surface area contributed by atoms with Crippen LogP contribution < -0.4 is 4.74 Å². The van der Waals surface area contributed by atoms with Crippen molar-refractivity contribution in [1.29, 1.82) is 0 Å². The van der Waals surface area contributed by atoms with Gasteiger partial charge in [0, 0.05) is 11.1 Å². The third-order valence-corrected chi connectivity index (χ3v) is 4.90. The molecule has 0 aromatic heterocycles. The Morgan fingerprint density at radius 1 is 1.00 bits per heavy atom. The first-order valence-electron chi connectivity index (χ1n) is 9.60. The van der Waals surface area contributed by atoms with Gasteiger partial charge in [-0.2, -0.15) is 0 Å². The molecule has 2 aromatic carbocycles. The van der Waals surface area contributed by atoms with Crippen molar-refractivity contribution in [2.45, 2.75) is 58.5 Å². The molecule has 1 heterocycles. The van der Waals surface area contributed by atoms with Crippen molar-refractivity contribution in [3.05, 3.63) is 64.7 Å². The van der Waals surface area contributed by atoms with Crippen LogP contribution in [0.3, 0.4) is 0 Å². The summed E-state index contributed by atoms with van der Waals surface area (Å²) in [5.74, 6) is 0.840. The topological polar surface area (TPSA) is 38.8 Å². The molecule has 144 valence electrons. The smallest absolute Gasteiger partial charge is 0.193 e. The van der Waals surface area contributed by atoms with E-state index in [-0.39, 0.29) is 22.7 Å². The van der Waals surface area contributed by atoms with Crippen LogP contribution in [0.2, 0.25) is 0 Å². The molecule has 1 fully saturated rings. The molecule has 0 radical (unpaired) electrons. The number of carbonyl (C=O) groups is 1. The summed E-state index contributed by atoms with van der Waals surface area (Å²) >= 11 is 0. The average molecular weight is 367 g/mol. The summed E-state index contributed by atoms with van der Waals surface area (Å²) in [6, 6.07) is 13.7. The first-order valence-corrected chi connectivity index (χ1v) is 9.60. The molecule has 2 aromatic rings. The molecule has 27 heavy (non-hydrogen) atoms. The Kier molecular flexibility index (Phi) is 5.18. The van der Waals surface area contributed by atoms with Gasteiger partial charge in [0.2, 0.25) is 0 Å². The highest BCUT2D eigenvalue weighted by Gasteiger charge is 2.26. The highest BCUT2D eigenvalue weighted by Crippen LogP contribution is 2.32. The van der Waals surface area contributed by atoms with Crippen molar-refractivity contribution in [3.8, 4) is 5.75 Å². The third kappa shape index (κ3) is 4.78. The largest absolute Gasteiger partial charge is 0.491 e. The molecule has 1 aliphatic heterocycles. The standard InChI is InChI=1S/C24H30O3/c1-23(2,3)17-9-7-16(8-10-17)22(25)20-12-11-18(26-14-19-15-27-19)13-21(20)24(4,5)6/h7-13,19H,14-15H2,1-6H3. The van der Waals surface area contributed by atoms with Gasteiger partial charge in [-0.05, 0) is 40.2 Å². The summed E-state index contributed by atoms with van der Waals surface area (Å²) in [5, 5.41) is 0. The Balaban J connectivity index is 1.90. The molecule has 0 N–H and O–H groups in total. The number of epoxide rings is 1. The Morgan fingerprint density at radius 3 is 2.15 bits per heavy atom. The number of benzene rings is 2. The molecule has 3 nitrogen and oxygen atoms in total. The van der Waals surface area contributed by atoms with Gasteiger partial charge < -0.3 is 9.47 Å². The molecule has 1 atom stereocenters. The van der Waals surface area contributed by atoms with Crippen LogP contribution in [0.1, 0.15) is 68.6 Å². The highest BCUT2D eigenvalue weighted by molar-refractivity contribution is 6.10. The molecule has 0 spiro atoms. The fourth-order valence-electron chi connectivity index (χ4n) is 3.06. The molecule has 3 heteroatoms. The predicted molar refractivity (Wildman–Crippen MR) is 109 cm³/mol. The van der Waals surface area contributed by atoms with Gasteiger partial charge in [0.15, 0.2) is 5.78 Å². The van der Waals surface area contributed by atoms with E-state index in [4.69, 9.17) is 9.47 Å². The van der Waals surface area contributed by atoms with E-state index >= 15 is 0 Å². The van der Waals surface area contributed by atoms with Gasteiger partial charge in [0.25, 0.3) is 0 Å². The molecule has 0 amide bonds. The second-order valence-electron chi connectivity index (χ2n) is 9.38. The summed E-state index contributed by atoms with van der Waals surface area (Å²) in [7, 11) is 0. The monoisotopic (exact) mass is 366 g/mol. The van der Waals surface area contributed by atoms with Gasteiger partial charge >= 0.3 is 0 Å². The maximum absolute atomic E-state index is 13.2. The quantitative estimate of drug-likeness (QED) is 0.533. The van der Waals surface area contributed by atoms with Crippen LogP contribution in [0.5, 0.6) is 5.75 Å². The van der Waals surface area contributed by atoms with Crippen LogP contribution in [0.4, 0.5) is 0 Å². The van der Waals surface area contributed by atoms with Crippen molar-refractivity contribution in [3.63, 3.8) is 0 Å². The summed E-state index contributed by atoms with van der Waals surface area (Å²) in [6.45, 7) is 14.2. The Bertz CT molecular complexity index is 816. The lowest BCUT2D eigenvalue weighted by Gasteiger charge is -2.24. The Labute approximate surface area is 162 Å². The fraction of sp³-hybridized carbons (Fsp3) is 0.458. The van der Waals surface area contributed by atoms with E-state index in [2.05, 4.69) is 53.7 Å². The number of rotatable bonds is 5. The van der Waals surface area contributed by atoms with Crippen LogP contribution in [0.15, 0.2) is 42.5 Å². The molecule has 0 aliphatic carbocycles. The number of ketones is 1. The van der Waals surface area contributed by atoms with E-state index in [9.17, 15) is 4.79 Å². The lowest BCUT2D eigenvalue weighted by atomic mass is 9.81. The van der Waals surface area contributed by atoms with Crippen LogP contribution in [0, 0.1) is 0 Å². The van der Waals surface area contributed by atoms with Crippen LogP contribution >= 0.6 is 0 Å². The summed E-state index contributed by atoms with van der Waals surface area (Å²) in [4.78, 5) is 13.2. The van der Waals surface area contributed by atoms with Gasteiger partial charge in [-0.3, -0.25) is 4.79 Å². The molecular weight excluding hydrogens is 336 g/mol. The minimum absolute atomic E-state index is 0.0532. The van der Waals surface area contributed by atoms with Crippen molar-refractivity contribution in [1.82, 2.24) is 0 Å². The van der Waals surface area contributed by atoms with E-state index in [1.54, 1.807) is 0 Å². The first-order chi connectivity index (χ1) is 12.6. The van der Waals surface area contributed by atoms with E-state index < -0.39 is 0 Å². The zero-order valence-electron chi connectivity index (χ0n) is 17.3. The zero-order valence-corrected chi connectivity index (χ0v) is 17.3. The van der Waals surface area contributed by atoms with Gasteiger partial charge in [0.05, 0.1) is 6.61 Å². The number of hydrogen-bond acceptors (Lipinski definition) is 3. The molecule has 1 aliphatic rings. The molecule has 3 rings (SSSR count). The van der Waals surface area contributed by atoms with Crippen molar-refractivity contribution >= 4 is 5.78 Å². The molecule has 0 bridgehead atoms. The maximum Gasteiger partial charge on any atom is 0.193 e. The van der Waals surface area contributed by atoms with Crippen molar-refractivity contribution < 1.29 is 14.3 Å². The second kappa shape index (κ2) is 7.12. The maximum atomic E-state index is 13.2. The van der Waals surface area contributed by atoms with Gasteiger partial charge in [0.1, 0.15) is 18.5 Å². The number of carbonyl (C=O) groups excluding carboxylic acids is 1. The van der Waals surface area contributed by atoms with Crippen molar-refractivity contribution in [2.75, 3.05) is 13.2 Å². The second-order valence-corrected chi connectivity index (χ2v) is 9.38. The SMILES string of the molecule is CC(C)(C)c1ccc(C(=O)c2ccc(OCC3CO3)cc2C(C)(C)C)cc1. The van der Waals surface area contributed by atoms with Crippen molar-refractivity contribution in [2.24, 2.45) is 0 Å². The van der Waals surface area contributed by atoms with Gasteiger partial charge in [-0.15, -0.1) is 0 Å². The minimum atomic E-state index is -0.161.